The van der Waals surface area contributed by atoms with Gasteiger partial charge in [-0.2, -0.15) is 0 Å². The van der Waals surface area contributed by atoms with Crippen LogP contribution in [0.3, 0.4) is 0 Å². The van der Waals surface area contributed by atoms with E-state index < -0.39 is 0 Å². The molecular formula is C32H18N6O. The fraction of sp³-hybridized carbons (Fsp3) is 0. The number of fused-ring (bicyclic) bond motifs is 9. The average molecular weight is 503 g/mol. The van der Waals surface area contributed by atoms with E-state index in [4.69, 9.17) is 24.4 Å². The number of aromatic nitrogens is 6. The van der Waals surface area contributed by atoms with Crippen LogP contribution in [0.5, 0.6) is 0 Å². The number of rotatable bonds is 2. The highest BCUT2D eigenvalue weighted by atomic mass is 16.3. The molecule has 0 unspecified atom stereocenters. The second-order valence-corrected chi connectivity index (χ2v) is 9.61. The maximum atomic E-state index is 6.54. The van der Waals surface area contributed by atoms with Crippen LogP contribution < -0.4 is 0 Å². The molecule has 0 N–H and O–H groups in total. The van der Waals surface area contributed by atoms with Crippen molar-refractivity contribution in [3.8, 4) is 11.4 Å². The van der Waals surface area contributed by atoms with E-state index in [1.165, 1.54) is 0 Å². The molecule has 0 saturated heterocycles. The van der Waals surface area contributed by atoms with Gasteiger partial charge in [0, 0.05) is 57.1 Å². The third-order valence-electron chi connectivity index (χ3n) is 7.53. The lowest BCUT2D eigenvalue weighted by Crippen LogP contribution is -1.97. The van der Waals surface area contributed by atoms with Gasteiger partial charge in [-0.1, -0.05) is 12.1 Å². The Balaban J connectivity index is 1.34. The highest BCUT2D eigenvalue weighted by Gasteiger charge is 2.20. The summed E-state index contributed by atoms with van der Waals surface area (Å²) in [5.74, 6) is 0. The molecule has 0 amide bonds. The van der Waals surface area contributed by atoms with Gasteiger partial charge in [0.25, 0.3) is 0 Å². The molecule has 182 valence electrons. The molecule has 0 atom stereocenters. The lowest BCUT2D eigenvalue weighted by molar-refractivity contribution is 0.666. The largest absolute Gasteiger partial charge is 0.454 e. The smallest absolute Gasteiger partial charge is 0.159 e. The lowest BCUT2D eigenvalue weighted by atomic mass is 10.1. The van der Waals surface area contributed by atoms with Crippen molar-refractivity contribution in [2.45, 2.75) is 0 Å². The number of para-hydroxylation sites is 1. The zero-order valence-corrected chi connectivity index (χ0v) is 20.5. The summed E-state index contributed by atoms with van der Waals surface area (Å²) >= 11 is 0. The molecule has 7 heterocycles. The van der Waals surface area contributed by atoms with Crippen LogP contribution in [-0.2, 0) is 0 Å². The van der Waals surface area contributed by atoms with Gasteiger partial charge in [-0.05, 0) is 72.8 Å². The summed E-state index contributed by atoms with van der Waals surface area (Å²) in [6.45, 7) is 0. The molecule has 9 aromatic rings. The minimum Gasteiger partial charge on any atom is -0.454 e. The van der Waals surface area contributed by atoms with Crippen molar-refractivity contribution in [2.24, 2.45) is 0 Å². The Kier molecular flexibility index (Phi) is 3.93. The fourth-order valence-corrected chi connectivity index (χ4v) is 5.90. The molecule has 7 nitrogen and oxygen atoms in total. The number of nitrogens with zero attached hydrogens (tertiary/aromatic N) is 6. The van der Waals surface area contributed by atoms with Gasteiger partial charge in [0.2, 0.25) is 0 Å². The summed E-state index contributed by atoms with van der Waals surface area (Å²) < 4.78 is 10.7. The van der Waals surface area contributed by atoms with Gasteiger partial charge >= 0.3 is 0 Å². The minimum absolute atomic E-state index is 0.790. The van der Waals surface area contributed by atoms with Crippen molar-refractivity contribution in [3.05, 3.63) is 110 Å². The number of furan rings is 1. The van der Waals surface area contributed by atoms with Crippen LogP contribution in [0.25, 0.3) is 77.4 Å². The number of pyridine rings is 4. The van der Waals surface area contributed by atoms with Crippen molar-refractivity contribution in [1.82, 2.24) is 29.1 Å². The van der Waals surface area contributed by atoms with Gasteiger partial charge in [0.05, 0.1) is 11.4 Å². The molecule has 0 spiro atoms. The molecule has 2 aromatic carbocycles. The summed E-state index contributed by atoms with van der Waals surface area (Å²) in [7, 11) is 0. The second-order valence-electron chi connectivity index (χ2n) is 9.61. The molecule has 0 aliphatic rings. The van der Waals surface area contributed by atoms with Gasteiger partial charge < -0.3 is 4.42 Å². The van der Waals surface area contributed by atoms with Crippen LogP contribution >= 0.6 is 0 Å². The van der Waals surface area contributed by atoms with E-state index in [0.29, 0.717) is 0 Å². The molecule has 0 fully saturated rings. The van der Waals surface area contributed by atoms with Crippen LogP contribution in [-0.4, -0.2) is 29.1 Å². The topological polar surface area (TPSA) is 74.6 Å². The molecule has 9 rings (SSSR count). The first-order valence-electron chi connectivity index (χ1n) is 12.7. The third-order valence-corrected chi connectivity index (χ3v) is 7.53. The first-order chi connectivity index (χ1) is 19.4. The van der Waals surface area contributed by atoms with E-state index in [1.807, 2.05) is 55.1 Å². The van der Waals surface area contributed by atoms with Gasteiger partial charge in [-0.3, -0.25) is 9.13 Å². The van der Waals surface area contributed by atoms with Crippen molar-refractivity contribution in [2.75, 3.05) is 0 Å². The average Bonchev–Trinajstić information content (AvgIpc) is 3.65. The van der Waals surface area contributed by atoms with E-state index in [0.717, 1.165) is 77.4 Å². The summed E-state index contributed by atoms with van der Waals surface area (Å²) in [4.78, 5) is 18.9. The zero-order chi connectivity index (χ0) is 25.5. The molecular weight excluding hydrogens is 484 g/mol. The quantitative estimate of drug-likeness (QED) is 0.247. The van der Waals surface area contributed by atoms with E-state index in [-0.39, 0.29) is 0 Å². The van der Waals surface area contributed by atoms with Crippen molar-refractivity contribution < 1.29 is 4.42 Å². The number of benzene rings is 2. The summed E-state index contributed by atoms with van der Waals surface area (Å²) in [6.07, 6.45) is 7.28. The Morgan fingerprint density at radius 1 is 0.462 bits per heavy atom. The molecule has 0 radical (unpaired) electrons. The van der Waals surface area contributed by atoms with Crippen LogP contribution in [0.4, 0.5) is 0 Å². The molecule has 0 bridgehead atoms. The predicted molar refractivity (Wildman–Crippen MR) is 154 cm³/mol. The molecule has 39 heavy (non-hydrogen) atoms. The monoisotopic (exact) mass is 502 g/mol. The van der Waals surface area contributed by atoms with Crippen LogP contribution in [0.15, 0.2) is 114 Å². The molecule has 7 aromatic heterocycles. The molecule has 0 aliphatic carbocycles. The molecule has 7 heteroatoms. The molecule has 0 aliphatic heterocycles. The Morgan fingerprint density at radius 3 is 1.54 bits per heavy atom. The van der Waals surface area contributed by atoms with Crippen molar-refractivity contribution >= 4 is 66.1 Å². The zero-order valence-electron chi connectivity index (χ0n) is 20.5. The SMILES string of the molecule is c1cc(-n2c3ncccc3c3cccnc32)c2oc3ccc(-n4c5ncccc5c5cccnc54)cc3c2c1. The highest BCUT2D eigenvalue weighted by molar-refractivity contribution is 6.12. The second kappa shape index (κ2) is 7.49. The van der Waals surface area contributed by atoms with Gasteiger partial charge in [0.15, 0.2) is 5.58 Å². The minimum atomic E-state index is 0.790. The Labute approximate surface area is 220 Å². The first kappa shape index (κ1) is 20.5. The van der Waals surface area contributed by atoms with E-state index in [9.17, 15) is 0 Å². The third kappa shape index (κ3) is 2.70. The number of hydrogen-bond donors (Lipinski definition) is 0. The fourth-order valence-electron chi connectivity index (χ4n) is 5.90. The van der Waals surface area contributed by atoms with Crippen LogP contribution in [0.1, 0.15) is 0 Å². The van der Waals surface area contributed by atoms with Gasteiger partial charge in [-0.15, -0.1) is 0 Å². The van der Waals surface area contributed by atoms with Gasteiger partial charge in [0.1, 0.15) is 28.2 Å². The lowest BCUT2D eigenvalue weighted by Gasteiger charge is -2.07. The summed E-state index contributed by atoms with van der Waals surface area (Å²) in [6, 6.07) is 28.7. The number of hydrogen-bond acceptors (Lipinski definition) is 5. The standard InChI is InChI=1S/C32H18N6O/c1-6-20-25-18-19(37-29-21(7-2-14-33-29)22-8-3-15-34-30(22)37)12-13-27(25)39-28(20)26(11-1)38-31-23(9-4-16-35-31)24-10-5-17-36-32(24)38/h1-18H. The molecule has 0 saturated carbocycles. The predicted octanol–water partition coefficient (Wildman–Crippen LogP) is 7.36. The summed E-state index contributed by atoms with van der Waals surface area (Å²) in [5, 5.41) is 6.31. The normalized spacial score (nSPS) is 12.1. The van der Waals surface area contributed by atoms with Crippen molar-refractivity contribution in [1.29, 1.82) is 0 Å². The highest BCUT2D eigenvalue weighted by Crippen LogP contribution is 2.38. The van der Waals surface area contributed by atoms with Crippen LogP contribution in [0.2, 0.25) is 0 Å². The van der Waals surface area contributed by atoms with Gasteiger partial charge in [-0.25, -0.2) is 19.9 Å². The first-order valence-corrected chi connectivity index (χ1v) is 12.7. The maximum absolute atomic E-state index is 6.54. The van der Waals surface area contributed by atoms with Crippen LogP contribution in [0, 0.1) is 0 Å². The van der Waals surface area contributed by atoms with E-state index in [1.54, 1.807) is 0 Å². The van der Waals surface area contributed by atoms with Crippen molar-refractivity contribution in [3.63, 3.8) is 0 Å². The Bertz CT molecular complexity index is 2310. The summed E-state index contributed by atoms with van der Waals surface area (Å²) in [5.41, 5.74) is 6.94. The van der Waals surface area contributed by atoms with E-state index >= 15 is 0 Å². The Morgan fingerprint density at radius 2 is 0.974 bits per heavy atom. The maximum Gasteiger partial charge on any atom is 0.159 e. The Hall–Kier alpha value is -5.56. The van der Waals surface area contributed by atoms with E-state index in [2.05, 4.69) is 63.7 Å².